The highest BCUT2D eigenvalue weighted by molar-refractivity contribution is 5.89. The number of non-ortho nitro benzene ring substituents is 1. The second-order valence-electron chi connectivity index (χ2n) is 6.64. The first-order valence-corrected chi connectivity index (χ1v) is 9.17. The average Bonchev–Trinajstić information content (AvgIpc) is 2.78. The predicted octanol–water partition coefficient (Wildman–Crippen LogP) is 2.75. The van der Waals surface area contributed by atoms with Crippen LogP contribution in [0.15, 0.2) is 53.6 Å². The number of nitrogens with zero attached hydrogens (tertiary/aromatic N) is 2. The minimum atomic E-state index is -0.945. The van der Waals surface area contributed by atoms with Crippen LogP contribution in [-0.2, 0) is 4.79 Å². The summed E-state index contributed by atoms with van der Waals surface area (Å²) in [5, 5.41) is 26.8. The SMILES string of the molecule is COc1cc([N+](=O)[O-])cc(/C=N/NC(=O)[C@H]2COc3cc4ccccc4cc3O2)c1O. The number of ether oxygens (including phenoxy) is 3. The Bertz CT molecular complexity index is 1210. The number of hydrazone groups is 1. The normalized spacial score (nSPS) is 15.1. The Morgan fingerprint density at radius 3 is 2.65 bits per heavy atom. The summed E-state index contributed by atoms with van der Waals surface area (Å²) in [7, 11) is 1.27. The molecule has 0 fully saturated rings. The highest BCUT2D eigenvalue weighted by Gasteiger charge is 2.27. The third kappa shape index (κ3) is 4.04. The Kier molecular flexibility index (Phi) is 5.27. The lowest BCUT2D eigenvalue weighted by atomic mass is 10.1. The van der Waals surface area contributed by atoms with Gasteiger partial charge in [0, 0.05) is 11.6 Å². The lowest BCUT2D eigenvalue weighted by Gasteiger charge is -2.25. The van der Waals surface area contributed by atoms with Crippen LogP contribution in [0.25, 0.3) is 10.8 Å². The van der Waals surface area contributed by atoms with Gasteiger partial charge in [-0.25, -0.2) is 5.43 Å². The Hall–Kier alpha value is -4.34. The summed E-state index contributed by atoms with van der Waals surface area (Å²) in [6.07, 6.45) is 0.132. The maximum absolute atomic E-state index is 12.4. The molecule has 0 bridgehead atoms. The number of nitro groups is 1. The van der Waals surface area contributed by atoms with Crippen LogP contribution in [0.2, 0.25) is 0 Å². The molecule has 3 aromatic rings. The summed E-state index contributed by atoms with van der Waals surface area (Å²) < 4.78 is 16.3. The molecule has 0 saturated heterocycles. The Morgan fingerprint density at radius 2 is 1.97 bits per heavy atom. The van der Waals surface area contributed by atoms with Gasteiger partial charge in [0.15, 0.2) is 23.0 Å². The zero-order valence-corrected chi connectivity index (χ0v) is 16.3. The molecule has 1 atom stereocenters. The van der Waals surface area contributed by atoms with E-state index in [1.807, 2.05) is 30.3 Å². The monoisotopic (exact) mass is 423 g/mol. The lowest BCUT2D eigenvalue weighted by molar-refractivity contribution is -0.385. The van der Waals surface area contributed by atoms with E-state index in [9.17, 15) is 20.0 Å². The summed E-state index contributed by atoms with van der Waals surface area (Å²) in [6, 6.07) is 13.5. The van der Waals surface area contributed by atoms with Crippen molar-refractivity contribution in [1.29, 1.82) is 0 Å². The molecule has 31 heavy (non-hydrogen) atoms. The van der Waals surface area contributed by atoms with Gasteiger partial charge in [-0.1, -0.05) is 24.3 Å². The smallest absolute Gasteiger partial charge is 0.284 e. The van der Waals surface area contributed by atoms with E-state index >= 15 is 0 Å². The summed E-state index contributed by atoms with van der Waals surface area (Å²) in [4.78, 5) is 22.8. The summed E-state index contributed by atoms with van der Waals surface area (Å²) in [6.45, 7) is -0.0113. The molecule has 0 saturated carbocycles. The standard InChI is InChI=1S/C21H17N3O7/c1-29-18-9-15(24(27)28)6-14(20(18)25)10-22-23-21(26)19-11-30-16-7-12-4-2-3-5-13(12)8-17(16)31-19/h2-10,19,25H,11H2,1H3,(H,23,26)/b22-10+/t19-/m1/s1. The first-order chi connectivity index (χ1) is 15.0. The maximum atomic E-state index is 12.4. The third-order valence-corrected chi connectivity index (χ3v) is 4.66. The number of nitrogens with one attached hydrogen (secondary N) is 1. The molecule has 10 heteroatoms. The largest absolute Gasteiger partial charge is 0.504 e. The Labute approximate surface area is 175 Å². The number of methoxy groups -OCH3 is 1. The van der Waals surface area contributed by atoms with Gasteiger partial charge in [0.2, 0.25) is 6.10 Å². The van der Waals surface area contributed by atoms with E-state index in [-0.39, 0.29) is 29.4 Å². The average molecular weight is 423 g/mol. The van der Waals surface area contributed by atoms with Gasteiger partial charge in [0.1, 0.15) is 6.61 Å². The van der Waals surface area contributed by atoms with Crippen LogP contribution < -0.4 is 19.6 Å². The molecule has 1 aliphatic heterocycles. The molecule has 4 rings (SSSR count). The Morgan fingerprint density at radius 1 is 1.26 bits per heavy atom. The van der Waals surface area contributed by atoms with Crippen molar-refractivity contribution in [3.05, 3.63) is 64.2 Å². The molecule has 2 N–H and O–H groups in total. The molecule has 0 unspecified atom stereocenters. The second-order valence-corrected chi connectivity index (χ2v) is 6.64. The highest BCUT2D eigenvalue weighted by Crippen LogP contribution is 2.36. The zero-order chi connectivity index (χ0) is 22.0. The molecule has 1 heterocycles. The van der Waals surface area contributed by atoms with Gasteiger partial charge in [-0.05, 0) is 22.9 Å². The minimum Gasteiger partial charge on any atom is -0.504 e. The number of benzene rings is 3. The number of rotatable bonds is 5. The van der Waals surface area contributed by atoms with Crippen molar-refractivity contribution in [1.82, 2.24) is 5.43 Å². The highest BCUT2D eigenvalue weighted by atomic mass is 16.6. The topological polar surface area (TPSA) is 133 Å². The number of fused-ring (bicyclic) bond motifs is 2. The fourth-order valence-electron chi connectivity index (χ4n) is 3.10. The second kappa shape index (κ2) is 8.19. The van der Waals surface area contributed by atoms with Gasteiger partial charge in [-0.3, -0.25) is 14.9 Å². The van der Waals surface area contributed by atoms with Crippen molar-refractivity contribution in [3.8, 4) is 23.0 Å². The van der Waals surface area contributed by atoms with Crippen LogP contribution >= 0.6 is 0 Å². The number of carbonyl (C=O) groups excluding carboxylic acids is 1. The molecule has 158 valence electrons. The lowest BCUT2D eigenvalue weighted by Crippen LogP contribution is -2.42. The number of nitro benzene ring substituents is 1. The number of hydrogen-bond acceptors (Lipinski definition) is 8. The van der Waals surface area contributed by atoms with Gasteiger partial charge in [-0.15, -0.1) is 0 Å². The molecule has 3 aromatic carbocycles. The van der Waals surface area contributed by atoms with E-state index in [2.05, 4.69) is 10.5 Å². The molecule has 0 radical (unpaired) electrons. The molecule has 10 nitrogen and oxygen atoms in total. The van der Waals surface area contributed by atoms with E-state index in [0.29, 0.717) is 11.5 Å². The number of phenols is 1. The number of amides is 1. The van der Waals surface area contributed by atoms with Crippen LogP contribution in [-0.4, -0.2) is 42.0 Å². The molecule has 1 aliphatic rings. The molecule has 0 spiro atoms. The fourth-order valence-corrected chi connectivity index (χ4v) is 3.10. The van der Waals surface area contributed by atoms with Gasteiger partial charge in [0.05, 0.1) is 24.3 Å². The maximum Gasteiger partial charge on any atom is 0.284 e. The Balaban J connectivity index is 1.47. The van der Waals surface area contributed by atoms with Crippen molar-refractivity contribution < 1.29 is 29.0 Å². The fraction of sp³-hybridized carbons (Fsp3) is 0.143. The quantitative estimate of drug-likeness (QED) is 0.366. The van der Waals surface area contributed by atoms with Crippen molar-refractivity contribution >= 4 is 28.6 Å². The van der Waals surface area contributed by atoms with E-state index in [0.717, 1.165) is 29.1 Å². The van der Waals surface area contributed by atoms with Crippen LogP contribution in [0.1, 0.15) is 5.56 Å². The molecule has 1 amide bonds. The zero-order valence-electron chi connectivity index (χ0n) is 16.3. The van der Waals surface area contributed by atoms with Crippen molar-refractivity contribution in [3.63, 3.8) is 0 Å². The van der Waals surface area contributed by atoms with Crippen molar-refractivity contribution in [2.75, 3.05) is 13.7 Å². The van der Waals surface area contributed by atoms with E-state index in [1.54, 1.807) is 6.07 Å². The van der Waals surface area contributed by atoms with Crippen LogP contribution in [0, 0.1) is 10.1 Å². The van der Waals surface area contributed by atoms with Crippen molar-refractivity contribution in [2.24, 2.45) is 5.10 Å². The van der Waals surface area contributed by atoms with Gasteiger partial charge in [-0.2, -0.15) is 5.10 Å². The first kappa shape index (κ1) is 20.0. The van der Waals surface area contributed by atoms with Gasteiger partial charge < -0.3 is 19.3 Å². The molecule has 0 aromatic heterocycles. The van der Waals surface area contributed by atoms with E-state index < -0.39 is 16.9 Å². The number of aromatic hydroxyl groups is 1. The van der Waals surface area contributed by atoms with Crippen LogP contribution in [0.4, 0.5) is 5.69 Å². The van der Waals surface area contributed by atoms with E-state index in [4.69, 9.17) is 14.2 Å². The third-order valence-electron chi connectivity index (χ3n) is 4.66. The minimum absolute atomic E-state index is 0.00368. The van der Waals surface area contributed by atoms with Gasteiger partial charge >= 0.3 is 0 Å². The van der Waals surface area contributed by atoms with Crippen LogP contribution in [0.5, 0.6) is 23.0 Å². The van der Waals surface area contributed by atoms with Gasteiger partial charge in [0.25, 0.3) is 11.6 Å². The molecular weight excluding hydrogens is 406 g/mol. The molecular formula is C21H17N3O7. The summed E-state index contributed by atoms with van der Waals surface area (Å²) >= 11 is 0. The van der Waals surface area contributed by atoms with E-state index in [1.165, 1.54) is 7.11 Å². The number of carbonyl (C=O) groups is 1. The molecule has 0 aliphatic carbocycles. The summed E-state index contributed by atoms with van der Waals surface area (Å²) in [5.74, 6) is -0.0269. The summed E-state index contributed by atoms with van der Waals surface area (Å²) in [5.41, 5.74) is 1.99. The van der Waals surface area contributed by atoms with Crippen molar-refractivity contribution in [2.45, 2.75) is 6.10 Å². The first-order valence-electron chi connectivity index (χ1n) is 9.17. The number of hydrogen-bond donors (Lipinski definition) is 2. The predicted molar refractivity (Wildman–Crippen MR) is 111 cm³/mol. The van der Waals surface area contributed by atoms with Crippen LogP contribution in [0.3, 0.4) is 0 Å². The number of phenolic OH excluding ortho intramolecular Hbond substituents is 1.